The minimum absolute atomic E-state index is 0.0951. The molecular formula is C17H21N3OS. The van der Waals surface area contributed by atoms with Crippen LogP contribution in [0.3, 0.4) is 0 Å². The molecule has 0 saturated carbocycles. The van der Waals surface area contributed by atoms with Crippen LogP contribution in [0.15, 0.2) is 30.5 Å². The molecule has 1 fully saturated rings. The zero-order valence-corrected chi connectivity index (χ0v) is 13.7. The summed E-state index contributed by atoms with van der Waals surface area (Å²) >= 11 is 1.76. The number of aromatic nitrogens is 1. The van der Waals surface area contributed by atoms with Crippen molar-refractivity contribution in [3.05, 3.63) is 45.8 Å². The third-order valence-corrected chi connectivity index (χ3v) is 4.91. The maximum Gasteiger partial charge on any atom is 0.257 e. The summed E-state index contributed by atoms with van der Waals surface area (Å²) in [5.74, 6) is 0.779. The number of rotatable bonds is 4. The second kappa shape index (κ2) is 6.92. The molecule has 0 aromatic carbocycles. The van der Waals surface area contributed by atoms with Crippen molar-refractivity contribution in [1.29, 1.82) is 0 Å². The number of hydrogen-bond acceptors (Lipinski definition) is 4. The van der Waals surface area contributed by atoms with Crippen molar-refractivity contribution in [2.24, 2.45) is 0 Å². The van der Waals surface area contributed by atoms with Gasteiger partial charge in [0, 0.05) is 29.0 Å². The van der Waals surface area contributed by atoms with Gasteiger partial charge in [0.1, 0.15) is 5.82 Å². The quantitative estimate of drug-likeness (QED) is 0.936. The van der Waals surface area contributed by atoms with Crippen LogP contribution < -0.4 is 5.32 Å². The number of carbonyl (C=O) groups is 1. The first-order valence-electron chi connectivity index (χ1n) is 7.77. The van der Waals surface area contributed by atoms with E-state index in [1.54, 1.807) is 17.5 Å². The van der Waals surface area contributed by atoms with Crippen molar-refractivity contribution in [1.82, 2.24) is 9.88 Å². The molecule has 0 unspecified atom stereocenters. The molecule has 3 rings (SSSR count). The Morgan fingerprint density at radius 2 is 2.09 bits per heavy atom. The highest BCUT2D eigenvalue weighted by Crippen LogP contribution is 2.20. The average molecular weight is 315 g/mol. The number of thiophene rings is 1. The first-order valence-corrected chi connectivity index (χ1v) is 8.59. The number of anilines is 1. The first kappa shape index (κ1) is 15.0. The summed E-state index contributed by atoms with van der Waals surface area (Å²) in [5, 5.41) is 3.31. The summed E-state index contributed by atoms with van der Waals surface area (Å²) in [6.07, 6.45) is 5.15. The Kier molecular flexibility index (Phi) is 4.73. The standard InChI is InChI=1S/C17H21N3OS/c1-13-7-8-14(22-13)12-19-16-15(6-5-9-18-16)17(21)20-10-3-2-4-11-20/h5-9H,2-4,10-12H2,1H3,(H,18,19). The largest absolute Gasteiger partial charge is 0.365 e. The Labute approximate surface area is 135 Å². The van der Waals surface area contributed by atoms with Gasteiger partial charge in [-0.2, -0.15) is 0 Å². The molecule has 4 nitrogen and oxygen atoms in total. The van der Waals surface area contributed by atoms with Crippen molar-refractivity contribution in [3.63, 3.8) is 0 Å². The van der Waals surface area contributed by atoms with Crippen LogP contribution in [0.5, 0.6) is 0 Å². The van der Waals surface area contributed by atoms with Gasteiger partial charge in [-0.3, -0.25) is 4.79 Å². The van der Waals surface area contributed by atoms with Gasteiger partial charge in [-0.1, -0.05) is 0 Å². The molecular weight excluding hydrogens is 294 g/mol. The van der Waals surface area contributed by atoms with Gasteiger partial charge in [0.05, 0.1) is 12.1 Å². The summed E-state index contributed by atoms with van der Waals surface area (Å²) in [4.78, 5) is 21.5. The lowest BCUT2D eigenvalue weighted by Crippen LogP contribution is -2.36. The molecule has 0 bridgehead atoms. The number of likely N-dealkylation sites (tertiary alicyclic amines) is 1. The summed E-state index contributed by atoms with van der Waals surface area (Å²) in [6, 6.07) is 7.92. The van der Waals surface area contributed by atoms with E-state index in [1.165, 1.54) is 16.2 Å². The Morgan fingerprint density at radius 3 is 2.82 bits per heavy atom. The van der Waals surface area contributed by atoms with E-state index in [1.807, 2.05) is 17.0 Å². The van der Waals surface area contributed by atoms with Gasteiger partial charge < -0.3 is 10.2 Å². The van der Waals surface area contributed by atoms with E-state index in [-0.39, 0.29) is 5.91 Å². The van der Waals surface area contributed by atoms with Crippen LogP contribution in [0.1, 0.15) is 39.4 Å². The molecule has 116 valence electrons. The monoisotopic (exact) mass is 315 g/mol. The van der Waals surface area contributed by atoms with Gasteiger partial charge in [-0.05, 0) is 50.5 Å². The molecule has 1 amide bonds. The van der Waals surface area contributed by atoms with Crippen molar-refractivity contribution < 1.29 is 4.79 Å². The van der Waals surface area contributed by atoms with Gasteiger partial charge in [-0.15, -0.1) is 11.3 Å². The molecule has 0 spiro atoms. The fraction of sp³-hybridized carbons (Fsp3) is 0.412. The first-order chi connectivity index (χ1) is 10.7. The van der Waals surface area contributed by atoms with E-state index in [0.717, 1.165) is 25.9 Å². The topological polar surface area (TPSA) is 45.2 Å². The normalized spacial score (nSPS) is 14.9. The maximum absolute atomic E-state index is 12.7. The third-order valence-electron chi connectivity index (χ3n) is 3.91. The van der Waals surface area contributed by atoms with E-state index in [9.17, 15) is 4.79 Å². The highest BCUT2D eigenvalue weighted by Gasteiger charge is 2.21. The van der Waals surface area contributed by atoms with E-state index in [2.05, 4.69) is 29.4 Å². The number of piperidine rings is 1. The maximum atomic E-state index is 12.7. The number of nitrogens with zero attached hydrogens (tertiary/aromatic N) is 2. The predicted molar refractivity (Wildman–Crippen MR) is 90.4 cm³/mol. The zero-order chi connectivity index (χ0) is 15.4. The lowest BCUT2D eigenvalue weighted by molar-refractivity contribution is 0.0725. The van der Waals surface area contributed by atoms with E-state index in [4.69, 9.17) is 0 Å². The molecule has 3 heterocycles. The summed E-state index contributed by atoms with van der Waals surface area (Å²) in [7, 11) is 0. The molecule has 0 atom stereocenters. The molecule has 1 aliphatic heterocycles. The Balaban J connectivity index is 1.72. The van der Waals surface area contributed by atoms with Crippen molar-refractivity contribution in [2.45, 2.75) is 32.7 Å². The highest BCUT2D eigenvalue weighted by molar-refractivity contribution is 7.11. The highest BCUT2D eigenvalue weighted by atomic mass is 32.1. The predicted octanol–water partition coefficient (Wildman–Crippen LogP) is 3.69. The molecule has 2 aromatic rings. The van der Waals surface area contributed by atoms with Crippen LogP contribution in [0.2, 0.25) is 0 Å². The Bertz CT molecular complexity index is 647. The van der Waals surface area contributed by atoms with Gasteiger partial charge >= 0.3 is 0 Å². The van der Waals surface area contributed by atoms with Gasteiger partial charge in [0.25, 0.3) is 5.91 Å². The van der Waals surface area contributed by atoms with Crippen molar-refractivity contribution >= 4 is 23.1 Å². The summed E-state index contributed by atoms with van der Waals surface area (Å²) in [6.45, 7) is 4.52. The van der Waals surface area contributed by atoms with Crippen LogP contribution in [0.4, 0.5) is 5.82 Å². The van der Waals surface area contributed by atoms with Gasteiger partial charge in [-0.25, -0.2) is 4.98 Å². The number of hydrogen-bond donors (Lipinski definition) is 1. The summed E-state index contributed by atoms with van der Waals surface area (Å²) in [5.41, 5.74) is 0.678. The van der Waals surface area contributed by atoms with Gasteiger partial charge in [0.15, 0.2) is 0 Å². The number of aryl methyl sites for hydroxylation is 1. The Hall–Kier alpha value is -1.88. The zero-order valence-electron chi connectivity index (χ0n) is 12.8. The molecule has 1 saturated heterocycles. The second-order valence-electron chi connectivity index (χ2n) is 5.62. The third kappa shape index (κ3) is 3.47. The molecule has 0 aliphatic carbocycles. The van der Waals surface area contributed by atoms with E-state index >= 15 is 0 Å². The molecule has 22 heavy (non-hydrogen) atoms. The van der Waals surface area contributed by atoms with Crippen LogP contribution in [-0.2, 0) is 6.54 Å². The lowest BCUT2D eigenvalue weighted by atomic mass is 10.1. The minimum Gasteiger partial charge on any atom is -0.365 e. The molecule has 1 N–H and O–H groups in total. The van der Waals surface area contributed by atoms with E-state index < -0.39 is 0 Å². The minimum atomic E-state index is 0.0951. The fourth-order valence-corrected chi connectivity index (χ4v) is 3.57. The van der Waals surface area contributed by atoms with E-state index in [0.29, 0.717) is 17.9 Å². The van der Waals surface area contributed by atoms with Crippen molar-refractivity contribution in [2.75, 3.05) is 18.4 Å². The molecule has 2 aromatic heterocycles. The number of nitrogens with one attached hydrogen (secondary N) is 1. The Morgan fingerprint density at radius 1 is 1.27 bits per heavy atom. The van der Waals surface area contributed by atoms with Crippen LogP contribution in [-0.4, -0.2) is 28.9 Å². The summed E-state index contributed by atoms with van der Waals surface area (Å²) < 4.78 is 0. The molecule has 5 heteroatoms. The SMILES string of the molecule is Cc1ccc(CNc2ncccc2C(=O)N2CCCCC2)s1. The van der Waals surface area contributed by atoms with Crippen LogP contribution in [0.25, 0.3) is 0 Å². The van der Waals surface area contributed by atoms with Crippen LogP contribution >= 0.6 is 11.3 Å². The number of pyridine rings is 1. The second-order valence-corrected chi connectivity index (χ2v) is 6.99. The molecule has 0 radical (unpaired) electrons. The number of carbonyl (C=O) groups excluding carboxylic acids is 1. The fourth-order valence-electron chi connectivity index (χ4n) is 2.74. The average Bonchev–Trinajstić information content (AvgIpc) is 2.99. The van der Waals surface area contributed by atoms with Crippen molar-refractivity contribution in [3.8, 4) is 0 Å². The van der Waals surface area contributed by atoms with Gasteiger partial charge in [0.2, 0.25) is 0 Å². The lowest BCUT2D eigenvalue weighted by Gasteiger charge is -2.27. The van der Waals surface area contributed by atoms with Crippen LogP contribution in [0, 0.1) is 6.92 Å². The number of amides is 1. The smallest absolute Gasteiger partial charge is 0.257 e. The molecule has 1 aliphatic rings.